The zero-order chi connectivity index (χ0) is 12.4. The number of hydrogen-bond donors (Lipinski definition) is 2. The number of aryl methyl sites for hydroxylation is 2. The highest BCUT2D eigenvalue weighted by atomic mass is 16.1. The highest BCUT2D eigenvalue weighted by Crippen LogP contribution is 2.12. The molecular formula is C11H15N5O. The monoisotopic (exact) mass is 233 g/mol. The van der Waals surface area contributed by atoms with Crippen molar-refractivity contribution < 1.29 is 0 Å². The minimum atomic E-state index is -0.165. The molecule has 0 atom stereocenters. The Balaban J connectivity index is 2.59. The molecule has 0 aliphatic heterocycles. The Morgan fingerprint density at radius 1 is 1.47 bits per heavy atom. The highest BCUT2D eigenvalue weighted by Gasteiger charge is 2.09. The second-order valence-electron chi connectivity index (χ2n) is 3.75. The lowest BCUT2D eigenvalue weighted by Gasteiger charge is -2.06. The molecule has 0 aromatic carbocycles. The van der Waals surface area contributed by atoms with Crippen LogP contribution in [0.2, 0.25) is 0 Å². The Hall–Kier alpha value is -2.11. The topological polar surface area (TPSA) is 75.6 Å². The number of rotatable bonds is 3. The van der Waals surface area contributed by atoms with Crippen LogP contribution in [0, 0.1) is 6.92 Å². The van der Waals surface area contributed by atoms with Crippen LogP contribution in [-0.2, 0) is 6.42 Å². The van der Waals surface area contributed by atoms with Crippen molar-refractivity contribution in [2.75, 3.05) is 12.4 Å². The van der Waals surface area contributed by atoms with Gasteiger partial charge in [-0.2, -0.15) is 9.78 Å². The predicted molar refractivity (Wildman–Crippen MR) is 65.6 cm³/mol. The fourth-order valence-corrected chi connectivity index (χ4v) is 1.61. The van der Waals surface area contributed by atoms with Crippen LogP contribution in [0.3, 0.4) is 0 Å². The molecule has 0 amide bonds. The Morgan fingerprint density at radius 2 is 2.24 bits per heavy atom. The van der Waals surface area contributed by atoms with E-state index in [4.69, 9.17) is 0 Å². The van der Waals surface area contributed by atoms with Crippen molar-refractivity contribution in [3.8, 4) is 5.95 Å². The average molecular weight is 233 g/mol. The zero-order valence-corrected chi connectivity index (χ0v) is 10.1. The van der Waals surface area contributed by atoms with E-state index in [0.717, 1.165) is 17.2 Å². The fraction of sp³-hybridized carbons (Fsp3) is 0.364. The molecule has 90 valence electrons. The summed E-state index contributed by atoms with van der Waals surface area (Å²) in [5.74, 6) is 1.23. The lowest BCUT2D eigenvalue weighted by molar-refractivity contribution is 0.781. The van der Waals surface area contributed by atoms with Crippen molar-refractivity contribution in [2.45, 2.75) is 20.3 Å². The van der Waals surface area contributed by atoms with Gasteiger partial charge in [0.1, 0.15) is 5.82 Å². The molecule has 2 heterocycles. The first-order chi connectivity index (χ1) is 8.13. The molecule has 2 aromatic heterocycles. The van der Waals surface area contributed by atoms with Crippen LogP contribution < -0.4 is 10.9 Å². The Bertz CT molecular complexity index is 584. The molecule has 6 nitrogen and oxygen atoms in total. The molecule has 0 aliphatic rings. The normalized spacial score (nSPS) is 10.5. The van der Waals surface area contributed by atoms with Gasteiger partial charge in [0.25, 0.3) is 5.56 Å². The van der Waals surface area contributed by atoms with Crippen LogP contribution in [0.25, 0.3) is 5.95 Å². The quantitative estimate of drug-likeness (QED) is 0.824. The fourth-order valence-electron chi connectivity index (χ4n) is 1.61. The van der Waals surface area contributed by atoms with Crippen LogP contribution in [0.15, 0.2) is 16.9 Å². The molecule has 0 fully saturated rings. The molecule has 0 bridgehead atoms. The summed E-state index contributed by atoms with van der Waals surface area (Å²) in [5, 5.41) is 7.30. The van der Waals surface area contributed by atoms with E-state index in [9.17, 15) is 4.79 Å². The maximum absolute atomic E-state index is 11.5. The molecule has 0 aliphatic carbocycles. The SMILES string of the molecule is CCc1cc(=O)[nH]c(-n2nc(C)cc2NC)n1. The molecule has 0 spiro atoms. The zero-order valence-electron chi connectivity index (χ0n) is 10.1. The second kappa shape index (κ2) is 4.40. The van der Waals surface area contributed by atoms with Crippen molar-refractivity contribution >= 4 is 5.82 Å². The molecular weight excluding hydrogens is 218 g/mol. The first kappa shape index (κ1) is 11.4. The van der Waals surface area contributed by atoms with Gasteiger partial charge < -0.3 is 5.32 Å². The van der Waals surface area contributed by atoms with Gasteiger partial charge in [0.2, 0.25) is 5.95 Å². The van der Waals surface area contributed by atoms with Crippen LogP contribution in [0.1, 0.15) is 18.3 Å². The minimum Gasteiger partial charge on any atom is -0.373 e. The molecule has 17 heavy (non-hydrogen) atoms. The predicted octanol–water partition coefficient (Wildman–Crippen LogP) is 0.868. The molecule has 2 rings (SSSR count). The van der Waals surface area contributed by atoms with Gasteiger partial charge in [0.15, 0.2) is 0 Å². The number of aromatic amines is 1. The molecule has 2 aromatic rings. The van der Waals surface area contributed by atoms with Crippen LogP contribution in [-0.4, -0.2) is 26.8 Å². The average Bonchev–Trinajstić information content (AvgIpc) is 2.69. The van der Waals surface area contributed by atoms with Crippen LogP contribution >= 0.6 is 0 Å². The number of hydrogen-bond acceptors (Lipinski definition) is 4. The molecule has 0 saturated heterocycles. The van der Waals surface area contributed by atoms with Gasteiger partial charge >= 0.3 is 0 Å². The van der Waals surface area contributed by atoms with E-state index in [-0.39, 0.29) is 5.56 Å². The number of aromatic nitrogens is 4. The maximum Gasteiger partial charge on any atom is 0.252 e. The van der Waals surface area contributed by atoms with Gasteiger partial charge in [0, 0.05) is 24.9 Å². The van der Waals surface area contributed by atoms with Crippen molar-refractivity contribution in [2.24, 2.45) is 0 Å². The largest absolute Gasteiger partial charge is 0.373 e. The van der Waals surface area contributed by atoms with Crippen molar-refractivity contribution in [1.29, 1.82) is 0 Å². The van der Waals surface area contributed by atoms with Crippen molar-refractivity contribution in [3.63, 3.8) is 0 Å². The highest BCUT2D eigenvalue weighted by molar-refractivity contribution is 5.40. The van der Waals surface area contributed by atoms with E-state index in [2.05, 4.69) is 20.4 Å². The van der Waals surface area contributed by atoms with Gasteiger partial charge in [0.05, 0.1) is 5.69 Å². The first-order valence-corrected chi connectivity index (χ1v) is 5.49. The molecule has 6 heteroatoms. The van der Waals surface area contributed by atoms with Crippen LogP contribution in [0.5, 0.6) is 0 Å². The van der Waals surface area contributed by atoms with Crippen LogP contribution in [0.4, 0.5) is 5.82 Å². The third-order valence-corrected chi connectivity index (χ3v) is 2.43. The van der Waals surface area contributed by atoms with Gasteiger partial charge in [-0.15, -0.1) is 0 Å². The summed E-state index contributed by atoms with van der Waals surface area (Å²) in [6, 6.07) is 3.39. The van der Waals surface area contributed by atoms with Gasteiger partial charge in [-0.3, -0.25) is 9.78 Å². The van der Waals surface area contributed by atoms with E-state index in [0.29, 0.717) is 12.4 Å². The summed E-state index contributed by atoms with van der Waals surface area (Å²) in [7, 11) is 1.80. The summed E-state index contributed by atoms with van der Waals surface area (Å²) in [6.45, 7) is 3.85. The van der Waals surface area contributed by atoms with E-state index in [1.807, 2.05) is 19.9 Å². The number of H-pyrrole nitrogens is 1. The molecule has 0 radical (unpaired) electrons. The molecule has 0 unspecified atom stereocenters. The summed E-state index contributed by atoms with van der Waals surface area (Å²) < 4.78 is 1.59. The standard InChI is InChI=1S/C11H15N5O/c1-4-8-6-10(17)14-11(13-8)16-9(12-3)5-7(2)15-16/h5-6,12H,4H2,1-3H3,(H,13,14,17). The Morgan fingerprint density at radius 3 is 2.88 bits per heavy atom. The van der Waals surface area contributed by atoms with E-state index in [1.165, 1.54) is 6.07 Å². The Labute approximate surface area is 98.7 Å². The van der Waals surface area contributed by atoms with E-state index < -0.39 is 0 Å². The third kappa shape index (κ3) is 2.20. The van der Waals surface area contributed by atoms with E-state index in [1.54, 1.807) is 11.7 Å². The first-order valence-electron chi connectivity index (χ1n) is 5.49. The lowest BCUT2D eigenvalue weighted by Crippen LogP contribution is -2.16. The minimum absolute atomic E-state index is 0.165. The van der Waals surface area contributed by atoms with Crippen molar-refractivity contribution in [3.05, 3.63) is 33.9 Å². The summed E-state index contributed by atoms with van der Waals surface area (Å²) in [4.78, 5) is 18.5. The second-order valence-corrected chi connectivity index (χ2v) is 3.75. The summed E-state index contributed by atoms with van der Waals surface area (Å²) in [6.07, 6.45) is 0.714. The summed E-state index contributed by atoms with van der Waals surface area (Å²) >= 11 is 0. The third-order valence-electron chi connectivity index (χ3n) is 2.43. The summed E-state index contributed by atoms with van der Waals surface area (Å²) in [5.41, 5.74) is 1.44. The molecule has 0 saturated carbocycles. The van der Waals surface area contributed by atoms with Gasteiger partial charge in [-0.1, -0.05) is 6.92 Å². The smallest absolute Gasteiger partial charge is 0.252 e. The lowest BCUT2D eigenvalue weighted by atomic mass is 10.3. The van der Waals surface area contributed by atoms with Crippen molar-refractivity contribution in [1.82, 2.24) is 19.7 Å². The molecule has 2 N–H and O–H groups in total. The Kier molecular flexibility index (Phi) is 2.95. The number of anilines is 1. The number of nitrogens with zero attached hydrogens (tertiary/aromatic N) is 3. The van der Waals surface area contributed by atoms with Gasteiger partial charge in [-0.25, -0.2) is 4.98 Å². The maximum atomic E-state index is 11.5. The van der Waals surface area contributed by atoms with E-state index >= 15 is 0 Å². The van der Waals surface area contributed by atoms with Gasteiger partial charge in [-0.05, 0) is 13.3 Å². The number of nitrogens with one attached hydrogen (secondary N) is 2.